The van der Waals surface area contributed by atoms with Gasteiger partial charge in [0.15, 0.2) is 6.29 Å². The number of rotatable bonds is 6. The van der Waals surface area contributed by atoms with E-state index in [2.05, 4.69) is 0 Å². The van der Waals surface area contributed by atoms with Gasteiger partial charge in [0.2, 0.25) is 0 Å². The van der Waals surface area contributed by atoms with Gasteiger partial charge in [0, 0.05) is 6.42 Å². The standard InChI is InChI=1S/C9H13ClO4/c10-5-9(1-6-2-11-6)8(14-9)13-4-7-3-12-7/h6-8H,1-5H2. The van der Waals surface area contributed by atoms with Gasteiger partial charge in [-0.3, -0.25) is 0 Å². The smallest absolute Gasteiger partial charge is 0.189 e. The summed E-state index contributed by atoms with van der Waals surface area (Å²) in [5, 5.41) is 0. The van der Waals surface area contributed by atoms with Gasteiger partial charge in [-0.2, -0.15) is 0 Å². The van der Waals surface area contributed by atoms with Crippen molar-refractivity contribution in [2.75, 3.05) is 25.7 Å². The van der Waals surface area contributed by atoms with E-state index in [0.29, 0.717) is 18.6 Å². The van der Waals surface area contributed by atoms with Gasteiger partial charge in [0.25, 0.3) is 0 Å². The average Bonchev–Trinajstić information content (AvgIpc) is 3.04. The van der Waals surface area contributed by atoms with Crippen molar-refractivity contribution in [1.29, 1.82) is 0 Å². The molecule has 4 unspecified atom stereocenters. The molecule has 4 atom stereocenters. The van der Waals surface area contributed by atoms with E-state index in [1.54, 1.807) is 0 Å². The van der Waals surface area contributed by atoms with Crippen molar-refractivity contribution in [3.05, 3.63) is 0 Å². The first-order valence-corrected chi connectivity index (χ1v) is 5.44. The fourth-order valence-corrected chi connectivity index (χ4v) is 1.89. The van der Waals surface area contributed by atoms with Gasteiger partial charge in [0.1, 0.15) is 11.7 Å². The van der Waals surface area contributed by atoms with Crippen molar-refractivity contribution >= 4 is 11.6 Å². The van der Waals surface area contributed by atoms with Crippen LogP contribution in [0.5, 0.6) is 0 Å². The third kappa shape index (κ3) is 1.90. The zero-order valence-electron chi connectivity index (χ0n) is 7.78. The highest BCUT2D eigenvalue weighted by Gasteiger charge is 2.59. The summed E-state index contributed by atoms with van der Waals surface area (Å²) in [5.41, 5.74) is -0.280. The summed E-state index contributed by atoms with van der Waals surface area (Å²) in [7, 11) is 0. The van der Waals surface area contributed by atoms with Crippen LogP contribution >= 0.6 is 11.6 Å². The molecule has 0 radical (unpaired) electrons. The molecule has 3 saturated heterocycles. The third-order valence-electron chi connectivity index (χ3n) is 2.75. The Morgan fingerprint density at radius 2 is 2.00 bits per heavy atom. The van der Waals surface area contributed by atoms with E-state index in [-0.39, 0.29) is 18.0 Å². The highest BCUT2D eigenvalue weighted by molar-refractivity contribution is 6.18. The van der Waals surface area contributed by atoms with Crippen LogP contribution in [0.15, 0.2) is 0 Å². The molecule has 0 aromatic heterocycles. The van der Waals surface area contributed by atoms with Crippen molar-refractivity contribution in [3.8, 4) is 0 Å². The van der Waals surface area contributed by atoms with Crippen molar-refractivity contribution in [2.45, 2.75) is 30.5 Å². The van der Waals surface area contributed by atoms with Crippen LogP contribution in [0.2, 0.25) is 0 Å². The van der Waals surface area contributed by atoms with E-state index < -0.39 is 0 Å². The number of hydrogen-bond acceptors (Lipinski definition) is 4. The highest BCUT2D eigenvalue weighted by atomic mass is 35.5. The Labute approximate surface area is 87.4 Å². The Morgan fingerprint density at radius 3 is 2.57 bits per heavy atom. The summed E-state index contributed by atoms with van der Waals surface area (Å²) in [6.07, 6.45) is 1.32. The van der Waals surface area contributed by atoms with Crippen LogP contribution in [-0.2, 0) is 18.9 Å². The van der Waals surface area contributed by atoms with Gasteiger partial charge in [-0.1, -0.05) is 0 Å². The van der Waals surface area contributed by atoms with E-state index in [0.717, 1.165) is 19.6 Å². The quantitative estimate of drug-likeness (QED) is 0.484. The molecule has 3 fully saturated rings. The molecule has 4 nitrogen and oxygen atoms in total. The maximum absolute atomic E-state index is 5.86. The Kier molecular flexibility index (Phi) is 2.22. The molecular weight excluding hydrogens is 208 g/mol. The predicted octanol–water partition coefficient (Wildman–Crippen LogP) is 0.525. The molecule has 0 aromatic rings. The van der Waals surface area contributed by atoms with E-state index in [1.807, 2.05) is 0 Å². The van der Waals surface area contributed by atoms with E-state index in [4.69, 9.17) is 30.5 Å². The minimum atomic E-state index is -0.280. The SMILES string of the molecule is ClCC1(CC2CO2)OC1OCC1CO1. The maximum atomic E-state index is 5.86. The fraction of sp³-hybridized carbons (Fsp3) is 1.00. The van der Waals surface area contributed by atoms with Gasteiger partial charge < -0.3 is 18.9 Å². The molecule has 80 valence electrons. The number of alkyl halides is 1. The van der Waals surface area contributed by atoms with Crippen LogP contribution in [-0.4, -0.2) is 49.8 Å². The Hall–Kier alpha value is 0.130. The minimum Gasteiger partial charge on any atom is -0.373 e. The Balaban J connectivity index is 1.45. The highest BCUT2D eigenvalue weighted by Crippen LogP contribution is 2.45. The zero-order valence-corrected chi connectivity index (χ0v) is 8.53. The second-order valence-corrected chi connectivity index (χ2v) is 4.36. The molecule has 0 spiro atoms. The molecule has 0 bridgehead atoms. The van der Waals surface area contributed by atoms with Crippen molar-refractivity contribution in [1.82, 2.24) is 0 Å². The van der Waals surface area contributed by atoms with Gasteiger partial charge >= 0.3 is 0 Å². The molecule has 0 saturated carbocycles. The first-order valence-electron chi connectivity index (χ1n) is 4.91. The van der Waals surface area contributed by atoms with Crippen LogP contribution in [0.25, 0.3) is 0 Å². The summed E-state index contributed by atoms with van der Waals surface area (Å²) in [6.45, 7) is 2.27. The first kappa shape index (κ1) is 9.36. The normalized spacial score (nSPS) is 49.1. The monoisotopic (exact) mass is 220 g/mol. The second-order valence-electron chi connectivity index (χ2n) is 4.10. The molecule has 0 N–H and O–H groups in total. The number of ether oxygens (including phenoxy) is 4. The van der Waals surface area contributed by atoms with Gasteiger partial charge in [-0.25, -0.2) is 0 Å². The van der Waals surface area contributed by atoms with Crippen molar-refractivity contribution < 1.29 is 18.9 Å². The molecule has 0 aromatic carbocycles. The van der Waals surface area contributed by atoms with Crippen LogP contribution in [0.4, 0.5) is 0 Å². The molecule has 3 heterocycles. The topological polar surface area (TPSA) is 46.8 Å². The number of hydrogen-bond donors (Lipinski definition) is 0. The molecule has 3 rings (SSSR count). The lowest BCUT2D eigenvalue weighted by molar-refractivity contribution is 0.0404. The summed E-state index contributed by atoms with van der Waals surface area (Å²) in [5.74, 6) is 0.475. The van der Waals surface area contributed by atoms with E-state index in [9.17, 15) is 0 Å². The Morgan fingerprint density at radius 1 is 1.29 bits per heavy atom. The van der Waals surface area contributed by atoms with Crippen molar-refractivity contribution in [3.63, 3.8) is 0 Å². The average molecular weight is 221 g/mol. The molecule has 14 heavy (non-hydrogen) atoms. The van der Waals surface area contributed by atoms with Crippen LogP contribution < -0.4 is 0 Å². The van der Waals surface area contributed by atoms with Crippen LogP contribution in [0.1, 0.15) is 6.42 Å². The van der Waals surface area contributed by atoms with Crippen molar-refractivity contribution in [2.24, 2.45) is 0 Å². The summed E-state index contributed by atoms with van der Waals surface area (Å²) < 4.78 is 21.2. The fourth-order valence-electron chi connectivity index (χ4n) is 1.59. The summed E-state index contributed by atoms with van der Waals surface area (Å²) >= 11 is 5.86. The van der Waals surface area contributed by atoms with Crippen LogP contribution in [0.3, 0.4) is 0 Å². The summed E-state index contributed by atoms with van der Waals surface area (Å²) in [6, 6.07) is 0. The first-order chi connectivity index (χ1) is 6.82. The molecule has 0 amide bonds. The number of epoxide rings is 3. The lowest BCUT2D eigenvalue weighted by Crippen LogP contribution is -2.22. The van der Waals surface area contributed by atoms with Gasteiger partial charge in [0.05, 0.1) is 31.8 Å². The molecule has 0 aliphatic carbocycles. The second kappa shape index (κ2) is 3.32. The van der Waals surface area contributed by atoms with Gasteiger partial charge in [-0.15, -0.1) is 11.6 Å². The molecule has 3 aliphatic heterocycles. The molecule has 5 heteroatoms. The minimum absolute atomic E-state index is 0.145. The number of halogens is 1. The third-order valence-corrected chi connectivity index (χ3v) is 3.20. The lowest BCUT2D eigenvalue weighted by Gasteiger charge is -2.05. The lowest BCUT2D eigenvalue weighted by atomic mass is 10.1. The van der Waals surface area contributed by atoms with Gasteiger partial charge in [-0.05, 0) is 0 Å². The van der Waals surface area contributed by atoms with E-state index >= 15 is 0 Å². The predicted molar refractivity (Wildman–Crippen MR) is 48.4 cm³/mol. The maximum Gasteiger partial charge on any atom is 0.189 e. The van der Waals surface area contributed by atoms with E-state index in [1.165, 1.54) is 0 Å². The molecular formula is C9H13ClO4. The largest absolute Gasteiger partial charge is 0.373 e. The molecule has 3 aliphatic rings. The summed E-state index contributed by atoms with van der Waals surface area (Å²) in [4.78, 5) is 0. The zero-order chi connectivity index (χ0) is 9.60. The van der Waals surface area contributed by atoms with Crippen LogP contribution in [0, 0.1) is 0 Å². The Bertz CT molecular complexity index is 229.